The minimum Gasteiger partial charge on any atom is -0.444 e. The van der Waals surface area contributed by atoms with Gasteiger partial charge in [0.2, 0.25) is 0 Å². The standard InChI is InChI=1S/C18H30N2O2S/c1-18(2,3)22-17(21)20-12-10-15-6-8-16(9-7-15)14-19-11-5-13-23-4/h6-9,19H,5,10-14H2,1-4H3,(H,20,21). The third-order valence-electron chi connectivity index (χ3n) is 3.14. The summed E-state index contributed by atoms with van der Waals surface area (Å²) in [6.45, 7) is 8.13. The normalized spacial score (nSPS) is 11.3. The molecule has 1 aromatic rings. The van der Waals surface area contributed by atoms with Crippen molar-refractivity contribution in [3.05, 3.63) is 35.4 Å². The minimum atomic E-state index is -0.450. The monoisotopic (exact) mass is 338 g/mol. The number of thioether (sulfide) groups is 1. The van der Waals surface area contributed by atoms with Crippen LogP contribution in [-0.2, 0) is 17.7 Å². The average molecular weight is 339 g/mol. The molecule has 130 valence electrons. The van der Waals surface area contributed by atoms with Crippen molar-refractivity contribution in [1.82, 2.24) is 10.6 Å². The van der Waals surface area contributed by atoms with Gasteiger partial charge in [0.25, 0.3) is 0 Å². The van der Waals surface area contributed by atoms with Gasteiger partial charge in [-0.05, 0) is 63.3 Å². The molecule has 4 nitrogen and oxygen atoms in total. The molecule has 0 bridgehead atoms. The van der Waals surface area contributed by atoms with Crippen LogP contribution in [0.1, 0.15) is 38.3 Å². The number of amides is 1. The predicted molar refractivity (Wildman–Crippen MR) is 99.1 cm³/mol. The molecule has 0 aliphatic rings. The fraction of sp³-hybridized carbons (Fsp3) is 0.611. The van der Waals surface area contributed by atoms with Crippen LogP contribution in [0, 0.1) is 0 Å². The van der Waals surface area contributed by atoms with E-state index in [1.807, 2.05) is 32.5 Å². The number of nitrogens with one attached hydrogen (secondary N) is 2. The van der Waals surface area contributed by atoms with Crippen molar-refractivity contribution in [2.45, 2.75) is 45.8 Å². The maximum absolute atomic E-state index is 11.6. The van der Waals surface area contributed by atoms with Gasteiger partial charge < -0.3 is 15.4 Å². The molecule has 0 atom stereocenters. The van der Waals surface area contributed by atoms with Crippen molar-refractivity contribution >= 4 is 17.9 Å². The highest BCUT2D eigenvalue weighted by Gasteiger charge is 2.15. The Morgan fingerprint density at radius 3 is 2.39 bits per heavy atom. The Morgan fingerprint density at radius 1 is 1.13 bits per heavy atom. The summed E-state index contributed by atoms with van der Waals surface area (Å²) >= 11 is 1.88. The minimum absolute atomic E-state index is 0.358. The number of benzene rings is 1. The van der Waals surface area contributed by atoms with E-state index in [0.29, 0.717) is 6.54 Å². The number of hydrogen-bond donors (Lipinski definition) is 2. The van der Waals surface area contributed by atoms with Crippen molar-refractivity contribution in [1.29, 1.82) is 0 Å². The highest BCUT2D eigenvalue weighted by Crippen LogP contribution is 2.07. The zero-order chi connectivity index (χ0) is 17.1. The Bertz CT molecular complexity index is 455. The quantitative estimate of drug-likeness (QED) is 0.676. The van der Waals surface area contributed by atoms with E-state index in [9.17, 15) is 4.79 Å². The second kappa shape index (κ2) is 10.6. The van der Waals surface area contributed by atoms with Crippen molar-refractivity contribution in [3.63, 3.8) is 0 Å². The second-order valence-electron chi connectivity index (χ2n) is 6.52. The van der Waals surface area contributed by atoms with Gasteiger partial charge in [-0.15, -0.1) is 0 Å². The van der Waals surface area contributed by atoms with E-state index in [2.05, 4.69) is 41.2 Å². The first-order valence-electron chi connectivity index (χ1n) is 8.15. The molecule has 0 radical (unpaired) electrons. The Kier molecular flexibility index (Phi) is 9.10. The smallest absolute Gasteiger partial charge is 0.407 e. The molecule has 5 heteroatoms. The molecule has 23 heavy (non-hydrogen) atoms. The summed E-state index contributed by atoms with van der Waals surface area (Å²) < 4.78 is 5.21. The Morgan fingerprint density at radius 2 is 1.78 bits per heavy atom. The molecule has 0 saturated carbocycles. The zero-order valence-electron chi connectivity index (χ0n) is 14.8. The summed E-state index contributed by atoms with van der Waals surface area (Å²) in [5.41, 5.74) is 2.05. The van der Waals surface area contributed by atoms with Gasteiger partial charge in [0, 0.05) is 13.1 Å². The van der Waals surface area contributed by atoms with E-state index in [4.69, 9.17) is 4.74 Å². The number of carbonyl (C=O) groups excluding carboxylic acids is 1. The van der Waals surface area contributed by atoms with Gasteiger partial charge >= 0.3 is 6.09 Å². The maximum Gasteiger partial charge on any atom is 0.407 e. The fourth-order valence-corrected chi connectivity index (χ4v) is 2.45. The summed E-state index contributed by atoms with van der Waals surface area (Å²) in [5.74, 6) is 1.20. The van der Waals surface area contributed by atoms with Gasteiger partial charge in [-0.3, -0.25) is 0 Å². The Balaban J connectivity index is 2.22. The SMILES string of the molecule is CSCCCNCc1ccc(CCNC(=O)OC(C)(C)C)cc1. The Hall–Kier alpha value is -1.20. The first-order chi connectivity index (χ1) is 10.9. The van der Waals surface area contributed by atoms with E-state index >= 15 is 0 Å². The molecule has 0 fully saturated rings. The van der Waals surface area contributed by atoms with Crippen molar-refractivity contribution in [2.24, 2.45) is 0 Å². The molecule has 0 unspecified atom stereocenters. The molecular formula is C18H30N2O2S. The number of hydrogen-bond acceptors (Lipinski definition) is 4. The van der Waals surface area contributed by atoms with Crippen LogP contribution in [0.5, 0.6) is 0 Å². The summed E-state index contributed by atoms with van der Waals surface area (Å²) in [5, 5.41) is 6.23. The summed E-state index contributed by atoms with van der Waals surface area (Å²) in [6, 6.07) is 8.53. The molecule has 1 amide bonds. The third-order valence-corrected chi connectivity index (χ3v) is 3.83. The van der Waals surface area contributed by atoms with Crippen LogP contribution in [0.3, 0.4) is 0 Å². The molecule has 2 N–H and O–H groups in total. The molecule has 0 aliphatic carbocycles. The zero-order valence-corrected chi connectivity index (χ0v) is 15.6. The molecular weight excluding hydrogens is 308 g/mol. The molecule has 1 rings (SSSR count). The molecule has 0 saturated heterocycles. The molecule has 1 aromatic carbocycles. The fourth-order valence-electron chi connectivity index (χ4n) is 2.02. The van der Waals surface area contributed by atoms with Gasteiger partial charge in [-0.2, -0.15) is 11.8 Å². The maximum atomic E-state index is 11.6. The highest BCUT2D eigenvalue weighted by molar-refractivity contribution is 7.98. The van der Waals surface area contributed by atoms with Crippen LogP contribution in [0.25, 0.3) is 0 Å². The predicted octanol–water partition coefficient (Wildman–Crippen LogP) is 3.60. The van der Waals surface area contributed by atoms with Gasteiger partial charge in [0.05, 0.1) is 0 Å². The number of carbonyl (C=O) groups is 1. The molecule has 0 aromatic heterocycles. The summed E-state index contributed by atoms with van der Waals surface area (Å²) in [7, 11) is 0. The highest BCUT2D eigenvalue weighted by atomic mass is 32.2. The third kappa shape index (κ3) is 10.2. The van der Waals surface area contributed by atoms with Crippen molar-refractivity contribution < 1.29 is 9.53 Å². The van der Waals surface area contributed by atoms with E-state index in [1.54, 1.807) is 0 Å². The molecule has 0 heterocycles. The van der Waals surface area contributed by atoms with Gasteiger partial charge in [0.1, 0.15) is 5.60 Å². The second-order valence-corrected chi connectivity index (χ2v) is 7.50. The van der Waals surface area contributed by atoms with Gasteiger partial charge in [-0.1, -0.05) is 24.3 Å². The molecule has 0 spiro atoms. The van der Waals surface area contributed by atoms with Crippen LogP contribution in [-0.4, -0.2) is 36.8 Å². The van der Waals surface area contributed by atoms with E-state index in [0.717, 1.165) is 19.5 Å². The number of rotatable bonds is 9. The van der Waals surface area contributed by atoms with E-state index in [-0.39, 0.29) is 6.09 Å². The first-order valence-corrected chi connectivity index (χ1v) is 9.54. The van der Waals surface area contributed by atoms with E-state index in [1.165, 1.54) is 23.3 Å². The Labute approximate surface area is 144 Å². The average Bonchev–Trinajstić information content (AvgIpc) is 2.47. The number of alkyl carbamates (subject to hydrolysis) is 1. The number of ether oxygens (including phenoxy) is 1. The van der Waals surface area contributed by atoms with Crippen LogP contribution >= 0.6 is 11.8 Å². The van der Waals surface area contributed by atoms with Gasteiger partial charge in [-0.25, -0.2) is 4.79 Å². The topological polar surface area (TPSA) is 50.4 Å². The lowest BCUT2D eigenvalue weighted by molar-refractivity contribution is 0.0528. The van der Waals surface area contributed by atoms with Crippen LogP contribution in [0.2, 0.25) is 0 Å². The summed E-state index contributed by atoms with van der Waals surface area (Å²) in [6.07, 6.45) is 3.79. The lowest BCUT2D eigenvalue weighted by Gasteiger charge is -2.19. The largest absolute Gasteiger partial charge is 0.444 e. The summed E-state index contributed by atoms with van der Waals surface area (Å²) in [4.78, 5) is 11.6. The van der Waals surface area contributed by atoms with E-state index < -0.39 is 5.60 Å². The van der Waals surface area contributed by atoms with Crippen LogP contribution in [0.15, 0.2) is 24.3 Å². The van der Waals surface area contributed by atoms with Gasteiger partial charge in [0.15, 0.2) is 0 Å². The first kappa shape index (κ1) is 19.8. The lowest BCUT2D eigenvalue weighted by atomic mass is 10.1. The van der Waals surface area contributed by atoms with Crippen LogP contribution in [0.4, 0.5) is 4.79 Å². The van der Waals surface area contributed by atoms with Crippen LogP contribution < -0.4 is 10.6 Å². The van der Waals surface area contributed by atoms with Crippen molar-refractivity contribution in [3.8, 4) is 0 Å². The molecule has 0 aliphatic heterocycles. The van der Waals surface area contributed by atoms with Crippen molar-refractivity contribution in [2.75, 3.05) is 25.1 Å². The lowest BCUT2D eigenvalue weighted by Crippen LogP contribution is -2.33.